The third-order valence-electron chi connectivity index (χ3n) is 1.77. The van der Waals surface area contributed by atoms with Crippen LogP contribution >= 0.6 is 0 Å². The molecule has 0 aromatic carbocycles. The van der Waals surface area contributed by atoms with Crippen LogP contribution in [0.4, 0.5) is 0 Å². The Kier molecular flexibility index (Phi) is 2.12. The first kappa shape index (κ1) is 8.04. The Balaban J connectivity index is 2.59. The molecule has 1 rings (SSSR count). The minimum absolute atomic E-state index is 0.147. The first-order valence-electron chi connectivity index (χ1n) is 3.42. The number of methoxy groups -OCH3 is 1. The molecule has 0 aromatic heterocycles. The number of carbonyl (C=O) groups excluding carboxylic acids is 2. The SMILES string of the molecule is COC(=O)[C@H]1CC(=O)O[C@H]1C. The molecule has 62 valence electrons. The van der Waals surface area contributed by atoms with Gasteiger partial charge in [0.05, 0.1) is 13.5 Å². The lowest BCUT2D eigenvalue weighted by molar-refractivity contribution is -0.147. The summed E-state index contributed by atoms with van der Waals surface area (Å²) in [5.74, 6) is -1.11. The zero-order valence-electron chi connectivity index (χ0n) is 6.49. The third-order valence-corrected chi connectivity index (χ3v) is 1.77. The summed E-state index contributed by atoms with van der Waals surface area (Å²) >= 11 is 0. The van der Waals surface area contributed by atoms with Gasteiger partial charge in [0.2, 0.25) is 0 Å². The number of carbonyl (C=O) groups is 2. The second-order valence-corrected chi connectivity index (χ2v) is 2.53. The number of cyclic esters (lactones) is 1. The van der Waals surface area contributed by atoms with Gasteiger partial charge in [0.1, 0.15) is 12.0 Å². The lowest BCUT2D eigenvalue weighted by Crippen LogP contribution is -2.22. The molecule has 1 saturated heterocycles. The average molecular weight is 158 g/mol. The molecular formula is C7H10O4. The van der Waals surface area contributed by atoms with Crippen molar-refractivity contribution < 1.29 is 19.1 Å². The number of esters is 2. The van der Waals surface area contributed by atoms with E-state index in [1.165, 1.54) is 7.11 Å². The Bertz CT molecular complexity index is 187. The molecule has 0 bridgehead atoms. The van der Waals surface area contributed by atoms with Crippen LogP contribution in [-0.4, -0.2) is 25.2 Å². The van der Waals surface area contributed by atoms with E-state index < -0.39 is 5.92 Å². The highest BCUT2D eigenvalue weighted by Gasteiger charge is 2.37. The summed E-state index contributed by atoms with van der Waals surface area (Å²) in [4.78, 5) is 21.6. The first-order chi connectivity index (χ1) is 5.15. The monoisotopic (exact) mass is 158 g/mol. The predicted molar refractivity (Wildman–Crippen MR) is 35.7 cm³/mol. The highest BCUT2D eigenvalue weighted by atomic mass is 16.6. The van der Waals surface area contributed by atoms with Gasteiger partial charge in [-0.2, -0.15) is 0 Å². The van der Waals surface area contributed by atoms with Crippen molar-refractivity contribution in [2.24, 2.45) is 5.92 Å². The molecule has 4 nitrogen and oxygen atoms in total. The van der Waals surface area contributed by atoms with Crippen molar-refractivity contribution >= 4 is 11.9 Å². The zero-order chi connectivity index (χ0) is 8.43. The van der Waals surface area contributed by atoms with Gasteiger partial charge < -0.3 is 9.47 Å². The molecule has 1 fully saturated rings. The van der Waals surface area contributed by atoms with Crippen LogP contribution in [-0.2, 0) is 19.1 Å². The molecule has 4 heteroatoms. The number of ether oxygens (including phenoxy) is 2. The van der Waals surface area contributed by atoms with Gasteiger partial charge >= 0.3 is 11.9 Å². The topological polar surface area (TPSA) is 52.6 Å². The molecule has 0 unspecified atom stereocenters. The first-order valence-corrected chi connectivity index (χ1v) is 3.42. The van der Waals surface area contributed by atoms with Crippen molar-refractivity contribution in [3.05, 3.63) is 0 Å². The van der Waals surface area contributed by atoms with Crippen LogP contribution in [0.25, 0.3) is 0 Å². The van der Waals surface area contributed by atoms with Gasteiger partial charge in [-0.25, -0.2) is 0 Å². The van der Waals surface area contributed by atoms with E-state index in [1.54, 1.807) is 6.92 Å². The quantitative estimate of drug-likeness (QED) is 0.508. The maximum atomic E-state index is 10.9. The minimum Gasteiger partial charge on any atom is -0.469 e. The Labute approximate surface area is 64.5 Å². The summed E-state index contributed by atoms with van der Waals surface area (Å²) in [5, 5.41) is 0. The minimum atomic E-state index is -0.410. The van der Waals surface area contributed by atoms with Gasteiger partial charge in [-0.05, 0) is 6.92 Å². The summed E-state index contributed by atoms with van der Waals surface area (Å²) in [6, 6.07) is 0. The number of hydrogen-bond donors (Lipinski definition) is 0. The second kappa shape index (κ2) is 2.90. The molecule has 0 radical (unpaired) electrons. The molecular weight excluding hydrogens is 148 g/mol. The molecule has 1 aliphatic heterocycles. The molecule has 1 heterocycles. The molecule has 2 atom stereocenters. The summed E-state index contributed by atoms with van der Waals surface area (Å²) in [6.45, 7) is 1.69. The van der Waals surface area contributed by atoms with Gasteiger partial charge in [-0.15, -0.1) is 0 Å². The largest absolute Gasteiger partial charge is 0.469 e. The van der Waals surface area contributed by atoms with Gasteiger partial charge in [-0.3, -0.25) is 9.59 Å². The summed E-state index contributed by atoms with van der Waals surface area (Å²) < 4.78 is 9.24. The van der Waals surface area contributed by atoms with Crippen molar-refractivity contribution in [1.82, 2.24) is 0 Å². The normalized spacial score (nSPS) is 29.8. The highest BCUT2D eigenvalue weighted by Crippen LogP contribution is 2.22. The lowest BCUT2D eigenvalue weighted by Gasteiger charge is -2.08. The molecule has 11 heavy (non-hydrogen) atoms. The van der Waals surface area contributed by atoms with Crippen LogP contribution in [0.3, 0.4) is 0 Å². The van der Waals surface area contributed by atoms with Crippen LogP contribution in [0, 0.1) is 5.92 Å². The van der Waals surface area contributed by atoms with Crippen molar-refractivity contribution in [2.75, 3.05) is 7.11 Å². The van der Waals surface area contributed by atoms with Gasteiger partial charge in [-0.1, -0.05) is 0 Å². The maximum Gasteiger partial charge on any atom is 0.313 e. The highest BCUT2D eigenvalue weighted by molar-refractivity contribution is 5.83. The Morgan fingerprint density at radius 1 is 1.73 bits per heavy atom. The molecule has 1 aliphatic rings. The fourth-order valence-corrected chi connectivity index (χ4v) is 1.11. The maximum absolute atomic E-state index is 10.9. The lowest BCUT2D eigenvalue weighted by atomic mass is 10.0. The van der Waals surface area contributed by atoms with Crippen molar-refractivity contribution in [3.8, 4) is 0 Å². The van der Waals surface area contributed by atoms with E-state index in [2.05, 4.69) is 4.74 Å². The fraction of sp³-hybridized carbons (Fsp3) is 0.714. The summed E-state index contributed by atoms with van der Waals surface area (Å²) in [5.41, 5.74) is 0. The standard InChI is InChI=1S/C7H10O4/c1-4-5(7(9)10-2)3-6(8)11-4/h4-5H,3H2,1-2H3/t4-,5-/m0/s1. The van der Waals surface area contributed by atoms with Crippen LogP contribution < -0.4 is 0 Å². The Morgan fingerprint density at radius 3 is 2.73 bits per heavy atom. The number of hydrogen-bond acceptors (Lipinski definition) is 4. The molecule has 0 spiro atoms. The van der Waals surface area contributed by atoms with Crippen LogP contribution in [0.5, 0.6) is 0 Å². The molecule has 0 aliphatic carbocycles. The van der Waals surface area contributed by atoms with E-state index in [4.69, 9.17) is 4.74 Å². The van der Waals surface area contributed by atoms with E-state index >= 15 is 0 Å². The Hall–Kier alpha value is -1.06. The molecule has 0 N–H and O–H groups in total. The van der Waals surface area contributed by atoms with Crippen molar-refractivity contribution in [2.45, 2.75) is 19.4 Å². The third kappa shape index (κ3) is 1.50. The fourth-order valence-electron chi connectivity index (χ4n) is 1.11. The van der Waals surface area contributed by atoms with E-state index in [0.717, 1.165) is 0 Å². The Morgan fingerprint density at radius 2 is 2.36 bits per heavy atom. The van der Waals surface area contributed by atoms with Crippen LogP contribution in [0.15, 0.2) is 0 Å². The van der Waals surface area contributed by atoms with E-state index in [9.17, 15) is 9.59 Å². The predicted octanol–water partition coefficient (Wildman–Crippen LogP) is 0.111. The van der Waals surface area contributed by atoms with Gasteiger partial charge in [0.25, 0.3) is 0 Å². The van der Waals surface area contributed by atoms with Crippen molar-refractivity contribution in [3.63, 3.8) is 0 Å². The second-order valence-electron chi connectivity index (χ2n) is 2.53. The van der Waals surface area contributed by atoms with Gasteiger partial charge in [0, 0.05) is 0 Å². The molecule has 0 saturated carbocycles. The summed E-state index contributed by atoms with van der Waals surface area (Å²) in [6.07, 6.45) is -0.191. The zero-order valence-corrected chi connectivity index (χ0v) is 6.49. The van der Waals surface area contributed by atoms with Crippen LogP contribution in [0.1, 0.15) is 13.3 Å². The van der Waals surface area contributed by atoms with Crippen molar-refractivity contribution in [1.29, 1.82) is 0 Å². The molecule has 0 amide bonds. The van der Waals surface area contributed by atoms with E-state index in [0.29, 0.717) is 0 Å². The summed E-state index contributed by atoms with van der Waals surface area (Å²) in [7, 11) is 1.30. The van der Waals surface area contributed by atoms with Gasteiger partial charge in [0.15, 0.2) is 0 Å². The number of rotatable bonds is 1. The van der Waals surface area contributed by atoms with E-state index in [-0.39, 0.29) is 24.5 Å². The smallest absolute Gasteiger partial charge is 0.313 e. The molecule has 0 aromatic rings. The average Bonchev–Trinajstić information content (AvgIpc) is 2.28. The van der Waals surface area contributed by atoms with Crippen LogP contribution in [0.2, 0.25) is 0 Å². The van der Waals surface area contributed by atoms with E-state index in [1.807, 2.05) is 0 Å².